The Balaban J connectivity index is 1.47. The number of thiazole rings is 1. The van der Waals surface area contributed by atoms with Gasteiger partial charge in [0, 0.05) is 33.7 Å². The molecule has 0 unspecified atom stereocenters. The molecule has 2 aliphatic rings. The van der Waals surface area contributed by atoms with Gasteiger partial charge in [0.2, 0.25) is 5.91 Å². The lowest BCUT2D eigenvalue weighted by molar-refractivity contribution is -0.136. The molecule has 26 heavy (non-hydrogen) atoms. The molecule has 136 valence electrons. The average molecular weight is 409 g/mol. The molecule has 2 saturated carbocycles. The van der Waals surface area contributed by atoms with Crippen LogP contribution in [0.3, 0.4) is 0 Å². The van der Waals surface area contributed by atoms with E-state index in [9.17, 15) is 9.59 Å². The van der Waals surface area contributed by atoms with Crippen molar-refractivity contribution in [3.63, 3.8) is 0 Å². The van der Waals surface area contributed by atoms with Gasteiger partial charge in [-0.05, 0) is 43.9 Å². The van der Waals surface area contributed by atoms with Gasteiger partial charge >= 0.3 is 0 Å². The Morgan fingerprint density at radius 2 is 1.92 bits per heavy atom. The SMILES string of the molecule is O=C(Nc1nc(-c2cc(Cl)ccc2Cl)cs1)C1C[C@@H]2CCC[C@@H](C1)C2=O. The molecular weight excluding hydrogens is 391 g/mol. The molecule has 7 heteroatoms. The number of aromatic nitrogens is 1. The van der Waals surface area contributed by atoms with E-state index in [0.29, 0.717) is 39.5 Å². The third-order valence-corrected chi connectivity index (χ3v) is 6.68. The smallest absolute Gasteiger partial charge is 0.229 e. The summed E-state index contributed by atoms with van der Waals surface area (Å²) in [6.07, 6.45) is 4.28. The third-order valence-electron chi connectivity index (χ3n) is 5.36. The van der Waals surface area contributed by atoms with Gasteiger partial charge < -0.3 is 5.32 Å². The number of hydrogen-bond acceptors (Lipinski definition) is 4. The summed E-state index contributed by atoms with van der Waals surface area (Å²) in [4.78, 5) is 29.3. The zero-order valence-electron chi connectivity index (χ0n) is 14.0. The van der Waals surface area contributed by atoms with Crippen LogP contribution in [0.2, 0.25) is 10.0 Å². The molecule has 2 atom stereocenters. The van der Waals surface area contributed by atoms with Crippen molar-refractivity contribution in [3.05, 3.63) is 33.6 Å². The zero-order chi connectivity index (χ0) is 18.3. The summed E-state index contributed by atoms with van der Waals surface area (Å²) in [5.74, 6) is 0.357. The van der Waals surface area contributed by atoms with Crippen LogP contribution < -0.4 is 5.32 Å². The number of hydrogen-bond donors (Lipinski definition) is 1. The highest BCUT2D eigenvalue weighted by Gasteiger charge is 2.41. The summed E-state index contributed by atoms with van der Waals surface area (Å²) in [5, 5.41) is 6.47. The average Bonchev–Trinajstić information content (AvgIpc) is 3.05. The van der Waals surface area contributed by atoms with Crippen LogP contribution in [0.5, 0.6) is 0 Å². The molecule has 1 N–H and O–H groups in total. The van der Waals surface area contributed by atoms with Gasteiger partial charge in [0.15, 0.2) is 5.13 Å². The molecule has 0 saturated heterocycles. The number of nitrogens with zero attached hydrogens (tertiary/aromatic N) is 1. The minimum absolute atomic E-state index is 0.0347. The number of benzene rings is 1. The van der Waals surface area contributed by atoms with Crippen molar-refractivity contribution < 1.29 is 9.59 Å². The number of Topliss-reactive ketones (excluding diaryl/α,β-unsaturated/α-hetero) is 1. The van der Waals surface area contributed by atoms with E-state index in [1.54, 1.807) is 18.2 Å². The van der Waals surface area contributed by atoms with Crippen LogP contribution in [-0.4, -0.2) is 16.7 Å². The van der Waals surface area contributed by atoms with Crippen LogP contribution in [0, 0.1) is 17.8 Å². The fourth-order valence-corrected chi connectivity index (χ4v) is 5.15. The van der Waals surface area contributed by atoms with E-state index < -0.39 is 0 Å². The summed E-state index contributed by atoms with van der Waals surface area (Å²) < 4.78 is 0. The van der Waals surface area contributed by atoms with Crippen LogP contribution >= 0.6 is 34.5 Å². The Kier molecular flexibility index (Phi) is 5.04. The molecule has 1 heterocycles. The van der Waals surface area contributed by atoms with E-state index in [1.165, 1.54) is 11.3 Å². The first-order chi connectivity index (χ1) is 12.5. The second-order valence-electron chi connectivity index (χ2n) is 7.05. The second kappa shape index (κ2) is 7.29. The number of carbonyl (C=O) groups is 2. The zero-order valence-corrected chi connectivity index (χ0v) is 16.3. The fourth-order valence-electron chi connectivity index (χ4n) is 4.05. The van der Waals surface area contributed by atoms with Crippen LogP contribution in [0.4, 0.5) is 5.13 Å². The summed E-state index contributed by atoms with van der Waals surface area (Å²) in [7, 11) is 0. The van der Waals surface area contributed by atoms with Crippen LogP contribution in [0.25, 0.3) is 11.3 Å². The topological polar surface area (TPSA) is 59.1 Å². The lowest BCUT2D eigenvalue weighted by atomic mass is 9.67. The second-order valence-corrected chi connectivity index (χ2v) is 8.75. The van der Waals surface area contributed by atoms with E-state index in [1.807, 2.05) is 5.38 Å². The molecule has 2 bridgehead atoms. The standard InChI is InChI=1S/C19H18Cl2N2O2S/c20-13-4-5-15(21)14(8-13)16-9-26-19(22-16)23-18(25)12-6-10-2-1-3-11(7-12)17(10)24/h4-5,8-12H,1-3,6-7H2,(H,22,23,25)/t10-,11-/m0/s1. The summed E-state index contributed by atoms with van der Waals surface area (Å²) in [5.41, 5.74) is 1.43. The first-order valence-electron chi connectivity index (χ1n) is 8.77. The van der Waals surface area contributed by atoms with E-state index >= 15 is 0 Å². The van der Waals surface area contributed by atoms with Crippen molar-refractivity contribution in [3.8, 4) is 11.3 Å². The van der Waals surface area contributed by atoms with Gasteiger partial charge in [0.25, 0.3) is 0 Å². The van der Waals surface area contributed by atoms with Crippen LogP contribution in [-0.2, 0) is 9.59 Å². The largest absolute Gasteiger partial charge is 0.302 e. The van der Waals surface area contributed by atoms with Gasteiger partial charge in [0.05, 0.1) is 10.7 Å². The van der Waals surface area contributed by atoms with Gasteiger partial charge in [-0.2, -0.15) is 0 Å². The van der Waals surface area contributed by atoms with Crippen LogP contribution in [0.1, 0.15) is 32.1 Å². The maximum absolute atomic E-state index is 12.7. The molecule has 0 radical (unpaired) electrons. The minimum atomic E-state index is -0.106. The van der Waals surface area contributed by atoms with E-state index in [0.717, 1.165) is 24.8 Å². The van der Waals surface area contributed by atoms with E-state index in [-0.39, 0.29) is 23.7 Å². The number of ketones is 1. The molecule has 2 aliphatic carbocycles. The molecule has 0 aliphatic heterocycles. The molecule has 2 aromatic rings. The van der Waals surface area contributed by atoms with Gasteiger partial charge in [-0.25, -0.2) is 4.98 Å². The summed E-state index contributed by atoms with van der Waals surface area (Å²) in [6.45, 7) is 0. The van der Waals surface area contributed by atoms with Gasteiger partial charge in [0.1, 0.15) is 5.78 Å². The first-order valence-corrected chi connectivity index (χ1v) is 10.4. The Morgan fingerprint density at radius 1 is 1.19 bits per heavy atom. The monoisotopic (exact) mass is 408 g/mol. The lowest BCUT2D eigenvalue weighted by Gasteiger charge is -2.36. The van der Waals surface area contributed by atoms with Gasteiger partial charge in [-0.15, -0.1) is 11.3 Å². The van der Waals surface area contributed by atoms with Crippen molar-refractivity contribution in [1.82, 2.24) is 4.98 Å². The maximum Gasteiger partial charge on any atom is 0.229 e. The Labute approximate surface area is 165 Å². The molecule has 1 amide bonds. The molecule has 1 aromatic heterocycles. The van der Waals surface area contributed by atoms with E-state index in [4.69, 9.17) is 23.2 Å². The van der Waals surface area contributed by atoms with E-state index in [2.05, 4.69) is 10.3 Å². The van der Waals surface area contributed by atoms with Crippen molar-refractivity contribution in [2.45, 2.75) is 32.1 Å². The molecule has 0 spiro atoms. The van der Waals surface area contributed by atoms with Gasteiger partial charge in [-0.1, -0.05) is 29.6 Å². The molecule has 1 aromatic carbocycles. The number of halogens is 2. The highest BCUT2D eigenvalue weighted by Crippen LogP contribution is 2.40. The highest BCUT2D eigenvalue weighted by molar-refractivity contribution is 7.14. The Bertz CT molecular complexity index is 851. The quantitative estimate of drug-likeness (QED) is 0.733. The van der Waals surface area contributed by atoms with Crippen molar-refractivity contribution >= 4 is 51.4 Å². The number of fused-ring (bicyclic) bond motifs is 2. The van der Waals surface area contributed by atoms with Crippen molar-refractivity contribution in [2.75, 3.05) is 5.32 Å². The number of amides is 1. The number of nitrogens with one attached hydrogen (secondary N) is 1. The predicted octanol–water partition coefficient (Wildman–Crippen LogP) is 5.45. The maximum atomic E-state index is 12.7. The van der Waals surface area contributed by atoms with Crippen molar-refractivity contribution in [1.29, 1.82) is 0 Å². The van der Waals surface area contributed by atoms with Crippen LogP contribution in [0.15, 0.2) is 23.6 Å². The first kappa shape index (κ1) is 18.0. The number of rotatable bonds is 3. The highest BCUT2D eigenvalue weighted by atomic mass is 35.5. The molecule has 4 rings (SSSR count). The molecular formula is C19H18Cl2N2O2S. The lowest BCUT2D eigenvalue weighted by Crippen LogP contribution is -2.40. The third kappa shape index (κ3) is 3.53. The number of carbonyl (C=O) groups excluding carboxylic acids is 2. The number of anilines is 1. The Hall–Kier alpha value is -1.43. The molecule has 2 fully saturated rings. The fraction of sp³-hybridized carbons (Fsp3) is 0.421. The minimum Gasteiger partial charge on any atom is -0.302 e. The van der Waals surface area contributed by atoms with Gasteiger partial charge in [-0.3, -0.25) is 9.59 Å². The summed E-state index contributed by atoms with van der Waals surface area (Å²) in [6, 6.07) is 5.22. The summed E-state index contributed by atoms with van der Waals surface area (Å²) >= 11 is 13.6. The predicted molar refractivity (Wildman–Crippen MR) is 105 cm³/mol. The Morgan fingerprint density at radius 3 is 2.65 bits per heavy atom. The van der Waals surface area contributed by atoms with Crippen molar-refractivity contribution in [2.24, 2.45) is 17.8 Å². The normalized spacial score (nSPS) is 25.2. The molecule has 4 nitrogen and oxygen atoms in total.